The molecule has 1 unspecified atom stereocenters. The number of carbonyl (C=O) groups excluding carboxylic acids is 1. The Bertz CT molecular complexity index is 674. The van der Waals surface area contributed by atoms with Crippen molar-refractivity contribution < 1.29 is 9.53 Å². The van der Waals surface area contributed by atoms with Crippen molar-refractivity contribution in [2.45, 2.75) is 19.4 Å². The monoisotopic (exact) mass is 385 g/mol. The molecule has 1 amide bonds. The first-order valence-corrected chi connectivity index (χ1v) is 10.2. The zero-order valence-corrected chi connectivity index (χ0v) is 16.8. The summed E-state index contributed by atoms with van der Waals surface area (Å²) < 4.78 is 5.52. The maximum Gasteiger partial charge on any atom is 0.241 e. The molecule has 2 fully saturated rings. The molecule has 1 atom stereocenters. The maximum atomic E-state index is 12.6. The molecule has 152 valence electrons. The Morgan fingerprint density at radius 1 is 1.11 bits per heavy atom. The number of ether oxygens (including phenoxy) is 1. The van der Waals surface area contributed by atoms with Gasteiger partial charge in [-0.3, -0.25) is 19.5 Å². The quantitative estimate of drug-likeness (QED) is 0.794. The van der Waals surface area contributed by atoms with Crippen molar-refractivity contribution in [1.29, 1.82) is 5.26 Å². The summed E-state index contributed by atoms with van der Waals surface area (Å²) in [6, 6.07) is 9.03. The van der Waals surface area contributed by atoms with Crippen LogP contribution in [0.3, 0.4) is 0 Å². The highest BCUT2D eigenvalue weighted by Gasteiger charge is 2.26. The van der Waals surface area contributed by atoms with Crippen molar-refractivity contribution >= 4 is 11.6 Å². The number of hydrogen-bond acceptors (Lipinski definition) is 6. The number of amides is 1. The topological polar surface area (TPSA) is 71.8 Å². The van der Waals surface area contributed by atoms with Gasteiger partial charge in [0.15, 0.2) is 0 Å². The van der Waals surface area contributed by atoms with Gasteiger partial charge in [-0.05, 0) is 25.5 Å². The van der Waals surface area contributed by atoms with Crippen molar-refractivity contribution in [2.75, 3.05) is 70.9 Å². The fourth-order valence-electron chi connectivity index (χ4n) is 3.77. The minimum Gasteiger partial charge on any atom is -0.380 e. The predicted octanol–water partition coefficient (Wildman–Crippen LogP) is 1.23. The van der Waals surface area contributed by atoms with Gasteiger partial charge >= 0.3 is 0 Å². The number of carbonyl (C=O) groups is 1. The zero-order chi connectivity index (χ0) is 19.8. The number of piperazine rings is 1. The van der Waals surface area contributed by atoms with Gasteiger partial charge < -0.3 is 10.1 Å². The summed E-state index contributed by atoms with van der Waals surface area (Å²) in [5, 5.41) is 12.1. The zero-order valence-electron chi connectivity index (χ0n) is 16.8. The molecule has 1 aromatic carbocycles. The van der Waals surface area contributed by atoms with Crippen molar-refractivity contribution in [3.05, 3.63) is 29.8 Å². The largest absolute Gasteiger partial charge is 0.380 e. The molecule has 0 spiro atoms. The first kappa shape index (κ1) is 20.7. The minimum atomic E-state index is -0.211. The van der Waals surface area contributed by atoms with E-state index in [0.29, 0.717) is 11.3 Å². The van der Waals surface area contributed by atoms with E-state index >= 15 is 0 Å². The average Bonchev–Trinajstić information content (AvgIpc) is 3.01. The van der Waals surface area contributed by atoms with Crippen LogP contribution >= 0.6 is 0 Å². The SMILES string of the molecule is CC(C(=O)Nc1ccccc1C#N)N1CCN(CCN2CCCOCC2)CC1. The predicted molar refractivity (Wildman–Crippen MR) is 109 cm³/mol. The summed E-state index contributed by atoms with van der Waals surface area (Å²) in [6.07, 6.45) is 1.12. The van der Waals surface area contributed by atoms with Gasteiger partial charge in [-0.25, -0.2) is 0 Å². The van der Waals surface area contributed by atoms with Crippen molar-refractivity contribution in [2.24, 2.45) is 0 Å². The van der Waals surface area contributed by atoms with E-state index in [-0.39, 0.29) is 11.9 Å². The Morgan fingerprint density at radius 2 is 1.82 bits per heavy atom. The van der Waals surface area contributed by atoms with E-state index in [0.717, 1.165) is 72.0 Å². The molecule has 2 aliphatic heterocycles. The first-order chi connectivity index (χ1) is 13.7. The summed E-state index contributed by atoms with van der Waals surface area (Å²) >= 11 is 0. The smallest absolute Gasteiger partial charge is 0.241 e. The van der Waals surface area contributed by atoms with Crippen LogP contribution in [0.15, 0.2) is 24.3 Å². The molecule has 0 bridgehead atoms. The third-order valence-corrected chi connectivity index (χ3v) is 5.69. The summed E-state index contributed by atoms with van der Waals surface area (Å²) in [6.45, 7) is 11.7. The van der Waals surface area contributed by atoms with E-state index in [1.807, 2.05) is 13.0 Å². The van der Waals surface area contributed by atoms with Gasteiger partial charge in [0.1, 0.15) is 6.07 Å². The fourth-order valence-corrected chi connectivity index (χ4v) is 3.77. The second kappa shape index (κ2) is 10.5. The second-order valence-corrected chi connectivity index (χ2v) is 7.51. The number of anilines is 1. The molecule has 0 aromatic heterocycles. The van der Waals surface area contributed by atoms with Gasteiger partial charge in [-0.2, -0.15) is 5.26 Å². The molecule has 1 N–H and O–H groups in total. The highest BCUT2D eigenvalue weighted by molar-refractivity contribution is 5.95. The molecule has 3 rings (SSSR count). The lowest BCUT2D eigenvalue weighted by Crippen LogP contribution is -2.53. The molecule has 2 saturated heterocycles. The fraction of sp³-hybridized carbons (Fsp3) is 0.619. The summed E-state index contributed by atoms with van der Waals surface area (Å²) in [7, 11) is 0. The van der Waals surface area contributed by atoms with E-state index in [9.17, 15) is 10.1 Å². The van der Waals surface area contributed by atoms with Gasteiger partial charge in [0.25, 0.3) is 0 Å². The normalized spacial score (nSPS) is 20.9. The summed E-state index contributed by atoms with van der Waals surface area (Å²) in [5.74, 6) is -0.0549. The lowest BCUT2D eigenvalue weighted by Gasteiger charge is -2.38. The Labute approximate surface area is 167 Å². The Hall–Kier alpha value is -1.98. The molecule has 0 radical (unpaired) electrons. The van der Waals surface area contributed by atoms with E-state index in [1.54, 1.807) is 18.2 Å². The Kier molecular flexibility index (Phi) is 7.80. The van der Waals surface area contributed by atoms with Crippen molar-refractivity contribution in [3.63, 3.8) is 0 Å². The highest BCUT2D eigenvalue weighted by Crippen LogP contribution is 2.15. The molecule has 2 heterocycles. The van der Waals surface area contributed by atoms with E-state index in [4.69, 9.17) is 4.74 Å². The number of para-hydroxylation sites is 1. The van der Waals surface area contributed by atoms with E-state index in [1.165, 1.54) is 0 Å². The molecule has 1 aromatic rings. The molecule has 7 nitrogen and oxygen atoms in total. The van der Waals surface area contributed by atoms with Crippen LogP contribution in [-0.2, 0) is 9.53 Å². The average molecular weight is 386 g/mol. The number of benzene rings is 1. The summed E-state index contributed by atoms with van der Waals surface area (Å²) in [4.78, 5) is 19.8. The standard InChI is InChI=1S/C21H31N5O2/c1-18(21(27)23-20-6-3-2-5-19(20)17-22)26-12-10-25(11-13-26)9-8-24-7-4-15-28-16-14-24/h2-3,5-6,18H,4,7-16H2,1H3,(H,23,27). The molecular formula is C21H31N5O2. The van der Waals surface area contributed by atoms with E-state index in [2.05, 4.69) is 26.1 Å². The molecule has 0 saturated carbocycles. The van der Waals surface area contributed by atoms with Gasteiger partial charge in [-0.15, -0.1) is 0 Å². The Morgan fingerprint density at radius 3 is 2.57 bits per heavy atom. The number of nitriles is 1. The lowest BCUT2D eigenvalue weighted by atomic mass is 10.1. The van der Waals surface area contributed by atoms with Gasteiger partial charge in [-0.1, -0.05) is 12.1 Å². The number of rotatable bonds is 6. The van der Waals surface area contributed by atoms with Crippen LogP contribution in [0.4, 0.5) is 5.69 Å². The van der Waals surface area contributed by atoms with Crippen LogP contribution in [0, 0.1) is 11.3 Å². The van der Waals surface area contributed by atoms with Crippen LogP contribution in [0.5, 0.6) is 0 Å². The summed E-state index contributed by atoms with van der Waals surface area (Å²) in [5.41, 5.74) is 1.08. The van der Waals surface area contributed by atoms with E-state index < -0.39 is 0 Å². The van der Waals surface area contributed by atoms with Crippen LogP contribution in [0.1, 0.15) is 18.9 Å². The van der Waals surface area contributed by atoms with Gasteiger partial charge in [0.2, 0.25) is 5.91 Å². The number of nitrogens with one attached hydrogen (secondary N) is 1. The molecule has 2 aliphatic rings. The van der Waals surface area contributed by atoms with Gasteiger partial charge in [0, 0.05) is 59.0 Å². The molecule has 28 heavy (non-hydrogen) atoms. The van der Waals surface area contributed by atoms with Crippen LogP contribution in [0.25, 0.3) is 0 Å². The third-order valence-electron chi connectivity index (χ3n) is 5.69. The van der Waals surface area contributed by atoms with Crippen molar-refractivity contribution in [1.82, 2.24) is 14.7 Å². The first-order valence-electron chi connectivity index (χ1n) is 10.2. The van der Waals surface area contributed by atoms with Gasteiger partial charge in [0.05, 0.1) is 23.9 Å². The van der Waals surface area contributed by atoms with Crippen LogP contribution < -0.4 is 5.32 Å². The highest BCUT2D eigenvalue weighted by atomic mass is 16.5. The lowest BCUT2D eigenvalue weighted by molar-refractivity contribution is -0.121. The van der Waals surface area contributed by atoms with Crippen molar-refractivity contribution in [3.8, 4) is 6.07 Å². The molecule has 0 aliphatic carbocycles. The maximum absolute atomic E-state index is 12.6. The third kappa shape index (κ3) is 5.76. The number of hydrogen-bond donors (Lipinski definition) is 1. The van der Waals surface area contributed by atoms with Crippen LogP contribution in [-0.4, -0.2) is 92.2 Å². The molecule has 7 heteroatoms. The Balaban J connectivity index is 1.42. The van der Waals surface area contributed by atoms with Crippen LogP contribution in [0.2, 0.25) is 0 Å². The number of nitrogens with zero attached hydrogens (tertiary/aromatic N) is 4. The molecular weight excluding hydrogens is 354 g/mol. The minimum absolute atomic E-state index is 0.0549. The second-order valence-electron chi connectivity index (χ2n) is 7.51.